The van der Waals surface area contributed by atoms with Gasteiger partial charge in [0.15, 0.2) is 0 Å². The lowest BCUT2D eigenvalue weighted by Gasteiger charge is -2.27. The SMILES string of the molecule is O=c1[nH]c(C2CC2)nc2c1CN(Cc1ccc(-c3ccccc3F)s1)CC2. The molecular formula is C21H20FN3OS. The zero-order valence-corrected chi connectivity index (χ0v) is 15.7. The molecule has 0 spiro atoms. The van der Waals surface area contributed by atoms with Gasteiger partial charge < -0.3 is 4.98 Å². The van der Waals surface area contributed by atoms with Crippen LogP contribution < -0.4 is 5.56 Å². The van der Waals surface area contributed by atoms with Crippen LogP contribution in [-0.2, 0) is 19.5 Å². The van der Waals surface area contributed by atoms with Crippen molar-refractivity contribution in [3.63, 3.8) is 0 Å². The van der Waals surface area contributed by atoms with E-state index in [9.17, 15) is 9.18 Å². The third-order valence-corrected chi connectivity index (χ3v) is 6.41. The average molecular weight is 381 g/mol. The average Bonchev–Trinajstić information content (AvgIpc) is 3.42. The second kappa shape index (κ2) is 6.69. The van der Waals surface area contributed by atoms with Crippen LogP contribution in [0.15, 0.2) is 41.2 Å². The molecule has 2 aliphatic rings. The first kappa shape index (κ1) is 16.8. The van der Waals surface area contributed by atoms with E-state index in [0.717, 1.165) is 54.3 Å². The van der Waals surface area contributed by atoms with Crippen molar-refractivity contribution in [2.45, 2.75) is 38.3 Å². The molecule has 1 aromatic carbocycles. The Morgan fingerprint density at radius 3 is 2.89 bits per heavy atom. The topological polar surface area (TPSA) is 49.0 Å². The summed E-state index contributed by atoms with van der Waals surface area (Å²) in [5, 5.41) is 0. The number of halogens is 1. The second-order valence-corrected chi connectivity index (χ2v) is 8.53. The second-order valence-electron chi connectivity index (χ2n) is 7.36. The Balaban J connectivity index is 1.33. The lowest BCUT2D eigenvalue weighted by atomic mass is 10.1. The van der Waals surface area contributed by atoms with E-state index in [0.29, 0.717) is 18.0 Å². The first-order chi connectivity index (χ1) is 13.2. The molecular weight excluding hydrogens is 361 g/mol. The fourth-order valence-corrected chi connectivity index (χ4v) is 4.75. The van der Waals surface area contributed by atoms with Gasteiger partial charge in [-0.15, -0.1) is 11.3 Å². The summed E-state index contributed by atoms with van der Waals surface area (Å²) in [5.41, 5.74) is 2.43. The van der Waals surface area contributed by atoms with Gasteiger partial charge in [-0.2, -0.15) is 0 Å². The van der Waals surface area contributed by atoms with E-state index >= 15 is 0 Å². The van der Waals surface area contributed by atoms with Crippen LogP contribution in [0.3, 0.4) is 0 Å². The molecule has 0 amide bonds. The summed E-state index contributed by atoms with van der Waals surface area (Å²) in [4.78, 5) is 24.6. The number of aromatic nitrogens is 2. The summed E-state index contributed by atoms with van der Waals surface area (Å²) in [7, 11) is 0. The highest BCUT2D eigenvalue weighted by atomic mass is 32.1. The summed E-state index contributed by atoms with van der Waals surface area (Å²) < 4.78 is 14.0. The predicted molar refractivity (Wildman–Crippen MR) is 104 cm³/mol. The van der Waals surface area contributed by atoms with Gasteiger partial charge in [-0.3, -0.25) is 9.69 Å². The van der Waals surface area contributed by atoms with Gasteiger partial charge in [-0.25, -0.2) is 9.37 Å². The van der Waals surface area contributed by atoms with Crippen molar-refractivity contribution >= 4 is 11.3 Å². The molecule has 27 heavy (non-hydrogen) atoms. The van der Waals surface area contributed by atoms with Crippen LogP contribution in [0.2, 0.25) is 0 Å². The third-order valence-electron chi connectivity index (χ3n) is 5.31. The number of rotatable bonds is 4. The molecule has 1 N–H and O–H groups in total. The Morgan fingerprint density at radius 2 is 2.07 bits per heavy atom. The van der Waals surface area contributed by atoms with Crippen molar-refractivity contribution in [1.82, 2.24) is 14.9 Å². The molecule has 0 saturated heterocycles. The number of H-pyrrole nitrogens is 1. The number of nitrogens with one attached hydrogen (secondary N) is 1. The molecule has 0 atom stereocenters. The van der Waals surface area contributed by atoms with Crippen LogP contribution in [0.5, 0.6) is 0 Å². The summed E-state index contributed by atoms with van der Waals surface area (Å²) in [6.07, 6.45) is 3.08. The lowest BCUT2D eigenvalue weighted by Crippen LogP contribution is -2.35. The summed E-state index contributed by atoms with van der Waals surface area (Å²) in [6.45, 7) is 2.28. The van der Waals surface area contributed by atoms with Crippen molar-refractivity contribution in [2.24, 2.45) is 0 Å². The van der Waals surface area contributed by atoms with E-state index < -0.39 is 0 Å². The maximum Gasteiger partial charge on any atom is 0.255 e. The molecule has 4 nitrogen and oxygen atoms in total. The monoisotopic (exact) mass is 381 g/mol. The summed E-state index contributed by atoms with van der Waals surface area (Å²) >= 11 is 1.61. The highest BCUT2D eigenvalue weighted by molar-refractivity contribution is 7.15. The number of thiophene rings is 1. The zero-order chi connectivity index (χ0) is 18.4. The fourth-order valence-electron chi connectivity index (χ4n) is 3.67. The van der Waals surface area contributed by atoms with E-state index in [4.69, 9.17) is 4.98 Å². The van der Waals surface area contributed by atoms with Gasteiger partial charge in [-0.05, 0) is 31.0 Å². The minimum Gasteiger partial charge on any atom is -0.310 e. The molecule has 0 unspecified atom stereocenters. The minimum atomic E-state index is -0.193. The molecule has 1 saturated carbocycles. The predicted octanol–water partition coefficient (Wildman–Crippen LogP) is 4.07. The molecule has 6 heteroatoms. The van der Waals surface area contributed by atoms with E-state index in [2.05, 4.69) is 16.0 Å². The van der Waals surface area contributed by atoms with Crippen molar-refractivity contribution in [3.8, 4) is 10.4 Å². The smallest absolute Gasteiger partial charge is 0.255 e. The first-order valence-corrected chi connectivity index (χ1v) is 10.2. The molecule has 0 radical (unpaired) electrons. The van der Waals surface area contributed by atoms with E-state index in [1.54, 1.807) is 17.4 Å². The van der Waals surface area contributed by atoms with Gasteiger partial charge >= 0.3 is 0 Å². The van der Waals surface area contributed by atoms with E-state index in [1.807, 2.05) is 18.2 Å². The molecule has 2 aromatic heterocycles. The zero-order valence-electron chi connectivity index (χ0n) is 14.9. The van der Waals surface area contributed by atoms with Gasteiger partial charge in [0, 0.05) is 47.3 Å². The fraction of sp³-hybridized carbons (Fsp3) is 0.333. The normalized spacial score (nSPS) is 17.1. The molecule has 1 aliphatic heterocycles. The van der Waals surface area contributed by atoms with Crippen molar-refractivity contribution in [2.75, 3.05) is 6.54 Å². The van der Waals surface area contributed by atoms with Crippen LogP contribution in [0.25, 0.3) is 10.4 Å². The van der Waals surface area contributed by atoms with Crippen LogP contribution in [0, 0.1) is 5.82 Å². The van der Waals surface area contributed by atoms with Crippen LogP contribution in [0.1, 0.15) is 40.7 Å². The van der Waals surface area contributed by atoms with E-state index in [1.165, 1.54) is 10.9 Å². The molecule has 1 fully saturated rings. The number of hydrogen-bond acceptors (Lipinski definition) is 4. The van der Waals surface area contributed by atoms with Gasteiger partial charge in [0.25, 0.3) is 5.56 Å². The van der Waals surface area contributed by atoms with Crippen molar-refractivity contribution in [3.05, 3.63) is 74.5 Å². The highest BCUT2D eigenvalue weighted by Gasteiger charge is 2.29. The maximum atomic E-state index is 14.0. The molecule has 3 aromatic rings. The maximum absolute atomic E-state index is 14.0. The number of benzene rings is 1. The summed E-state index contributed by atoms with van der Waals surface area (Å²) in [5.74, 6) is 1.14. The number of hydrogen-bond donors (Lipinski definition) is 1. The molecule has 138 valence electrons. The molecule has 0 bridgehead atoms. The first-order valence-electron chi connectivity index (χ1n) is 9.35. The Morgan fingerprint density at radius 1 is 1.22 bits per heavy atom. The minimum absolute atomic E-state index is 0.0184. The highest BCUT2D eigenvalue weighted by Crippen LogP contribution is 2.38. The van der Waals surface area contributed by atoms with Crippen LogP contribution >= 0.6 is 11.3 Å². The quantitative estimate of drug-likeness (QED) is 0.741. The Kier molecular flexibility index (Phi) is 4.17. The van der Waals surface area contributed by atoms with Gasteiger partial charge in [-0.1, -0.05) is 18.2 Å². The van der Waals surface area contributed by atoms with Crippen molar-refractivity contribution < 1.29 is 4.39 Å². The Bertz CT molecular complexity index is 1050. The Labute approximate surface area is 160 Å². The number of aromatic amines is 1. The number of fused-ring (bicyclic) bond motifs is 1. The standard InChI is InChI=1S/C21H20FN3OS/c22-17-4-2-1-3-15(17)19-8-7-14(27-19)11-25-10-9-18-16(12-25)21(26)24-20(23-18)13-5-6-13/h1-4,7-8,13H,5-6,9-12H2,(H,23,24,26). The van der Waals surface area contributed by atoms with E-state index in [-0.39, 0.29) is 11.4 Å². The Hall–Kier alpha value is -2.31. The molecule has 3 heterocycles. The molecule has 5 rings (SSSR count). The van der Waals surface area contributed by atoms with Crippen LogP contribution in [0.4, 0.5) is 4.39 Å². The largest absolute Gasteiger partial charge is 0.310 e. The lowest BCUT2D eigenvalue weighted by molar-refractivity contribution is 0.243. The number of nitrogens with zero attached hydrogens (tertiary/aromatic N) is 2. The van der Waals surface area contributed by atoms with Gasteiger partial charge in [0.05, 0.1) is 11.3 Å². The van der Waals surface area contributed by atoms with Gasteiger partial charge in [0.2, 0.25) is 0 Å². The molecule has 1 aliphatic carbocycles. The summed E-state index contributed by atoms with van der Waals surface area (Å²) in [6, 6.07) is 10.9. The van der Waals surface area contributed by atoms with Gasteiger partial charge in [0.1, 0.15) is 11.6 Å². The van der Waals surface area contributed by atoms with Crippen LogP contribution in [-0.4, -0.2) is 21.4 Å². The third kappa shape index (κ3) is 3.35. The van der Waals surface area contributed by atoms with Crippen molar-refractivity contribution in [1.29, 1.82) is 0 Å².